The van der Waals surface area contributed by atoms with Gasteiger partial charge in [0.2, 0.25) is 5.91 Å². The maximum absolute atomic E-state index is 12.7. The summed E-state index contributed by atoms with van der Waals surface area (Å²) in [4.78, 5) is 19.0. The van der Waals surface area contributed by atoms with E-state index in [1.165, 1.54) is 5.01 Å². The van der Waals surface area contributed by atoms with E-state index in [4.69, 9.17) is 15.2 Å². The van der Waals surface area contributed by atoms with Crippen molar-refractivity contribution >= 4 is 17.2 Å². The highest BCUT2D eigenvalue weighted by Crippen LogP contribution is 2.29. The van der Waals surface area contributed by atoms with Crippen molar-refractivity contribution in [2.24, 2.45) is 11.7 Å². The summed E-state index contributed by atoms with van der Waals surface area (Å²) >= 11 is 1.70. The second-order valence-electron chi connectivity index (χ2n) is 7.09. The number of nitrogens with two attached hydrogens (primary N) is 1. The third-order valence-electron chi connectivity index (χ3n) is 5.33. The Hall–Kier alpha value is -1.02. The van der Waals surface area contributed by atoms with Gasteiger partial charge in [0.15, 0.2) is 0 Å². The van der Waals surface area contributed by atoms with Crippen LogP contribution in [0.2, 0.25) is 0 Å². The van der Waals surface area contributed by atoms with Crippen LogP contribution in [0.25, 0.3) is 0 Å². The van der Waals surface area contributed by atoms with Gasteiger partial charge >= 0.3 is 0 Å². The predicted octanol–water partition coefficient (Wildman–Crippen LogP) is 2.01. The fourth-order valence-electron chi connectivity index (χ4n) is 3.50. The molecule has 0 spiro atoms. The van der Waals surface area contributed by atoms with Crippen molar-refractivity contribution in [3.05, 3.63) is 16.6 Å². The molecule has 2 aliphatic heterocycles. The molecule has 7 heteroatoms. The normalized spacial score (nSPS) is 22.7. The molecule has 0 aliphatic carbocycles. The predicted molar refractivity (Wildman–Crippen MR) is 97.6 cm³/mol. The van der Waals surface area contributed by atoms with Crippen molar-refractivity contribution in [2.45, 2.75) is 50.7 Å². The minimum absolute atomic E-state index is 0.0112. The van der Waals surface area contributed by atoms with Crippen molar-refractivity contribution in [1.82, 2.24) is 9.88 Å². The number of likely N-dealkylation sites (tertiary alicyclic amines) is 1. The van der Waals surface area contributed by atoms with E-state index in [9.17, 15) is 4.79 Å². The van der Waals surface area contributed by atoms with Gasteiger partial charge in [-0.3, -0.25) is 4.79 Å². The molecule has 2 atom stereocenters. The molecule has 0 unspecified atom stereocenters. The largest absolute Gasteiger partial charge is 0.381 e. The van der Waals surface area contributed by atoms with Crippen LogP contribution in [0.15, 0.2) is 11.6 Å². The highest BCUT2D eigenvalue weighted by Gasteiger charge is 2.31. The van der Waals surface area contributed by atoms with Crippen LogP contribution >= 0.6 is 11.3 Å². The Morgan fingerprint density at radius 2 is 2.12 bits per heavy atom. The Labute approximate surface area is 153 Å². The number of hydrogen-bond donors (Lipinski definition) is 1. The monoisotopic (exact) mass is 367 g/mol. The molecule has 2 fully saturated rings. The van der Waals surface area contributed by atoms with E-state index in [1.807, 2.05) is 23.4 Å². The fourth-order valence-corrected chi connectivity index (χ4v) is 4.31. The van der Waals surface area contributed by atoms with Crippen LogP contribution in [0.1, 0.15) is 43.5 Å². The van der Waals surface area contributed by atoms with Crippen LogP contribution in [0.4, 0.5) is 0 Å². The van der Waals surface area contributed by atoms with Gasteiger partial charge in [-0.1, -0.05) is 0 Å². The lowest BCUT2D eigenvalue weighted by Gasteiger charge is -2.34. The SMILES string of the molecule is C[C@@H](OCC1CCOCC1)[C@H](N)C(=O)N1CCC(c2nccs2)CC1. The highest BCUT2D eigenvalue weighted by atomic mass is 32.1. The lowest BCUT2D eigenvalue weighted by Crippen LogP contribution is -2.52. The molecule has 3 rings (SSSR count). The van der Waals surface area contributed by atoms with E-state index in [0.29, 0.717) is 18.4 Å². The minimum Gasteiger partial charge on any atom is -0.381 e. The van der Waals surface area contributed by atoms with Gasteiger partial charge in [-0.25, -0.2) is 4.98 Å². The number of ether oxygens (including phenoxy) is 2. The average molecular weight is 368 g/mol. The molecular weight excluding hydrogens is 338 g/mol. The topological polar surface area (TPSA) is 77.7 Å². The second-order valence-corrected chi connectivity index (χ2v) is 8.02. The quantitative estimate of drug-likeness (QED) is 0.832. The molecule has 25 heavy (non-hydrogen) atoms. The fraction of sp³-hybridized carbons (Fsp3) is 0.778. The van der Waals surface area contributed by atoms with Gasteiger partial charge in [0.05, 0.1) is 17.7 Å². The van der Waals surface area contributed by atoms with Gasteiger partial charge in [0.1, 0.15) is 6.04 Å². The first-order valence-corrected chi connectivity index (χ1v) is 10.2. The Balaban J connectivity index is 1.42. The van der Waals surface area contributed by atoms with E-state index in [0.717, 1.165) is 52.0 Å². The van der Waals surface area contributed by atoms with Crippen molar-refractivity contribution < 1.29 is 14.3 Å². The Morgan fingerprint density at radius 3 is 2.76 bits per heavy atom. The number of rotatable bonds is 6. The summed E-state index contributed by atoms with van der Waals surface area (Å²) in [7, 11) is 0. The van der Waals surface area contributed by atoms with Crippen molar-refractivity contribution in [3.63, 3.8) is 0 Å². The first kappa shape index (κ1) is 18.8. The molecule has 140 valence electrons. The summed E-state index contributed by atoms with van der Waals surface area (Å²) in [6.45, 7) is 5.69. The Morgan fingerprint density at radius 1 is 1.40 bits per heavy atom. The molecule has 1 aromatic heterocycles. The van der Waals surface area contributed by atoms with Gasteiger partial charge in [-0.15, -0.1) is 11.3 Å². The van der Waals surface area contributed by atoms with Crippen LogP contribution < -0.4 is 5.73 Å². The zero-order valence-electron chi connectivity index (χ0n) is 14.9. The molecule has 2 saturated heterocycles. The van der Waals surface area contributed by atoms with Gasteiger partial charge in [0, 0.05) is 43.8 Å². The summed E-state index contributed by atoms with van der Waals surface area (Å²) in [6, 6.07) is -0.587. The Bertz CT molecular complexity index is 526. The molecule has 0 bridgehead atoms. The molecule has 2 aliphatic rings. The summed E-state index contributed by atoms with van der Waals surface area (Å²) in [5.41, 5.74) is 6.19. The zero-order valence-corrected chi connectivity index (χ0v) is 15.7. The minimum atomic E-state index is -0.587. The first-order valence-electron chi connectivity index (χ1n) is 9.28. The van der Waals surface area contributed by atoms with E-state index in [2.05, 4.69) is 4.98 Å². The van der Waals surface area contributed by atoms with Crippen molar-refractivity contribution in [2.75, 3.05) is 32.9 Å². The number of nitrogens with zero attached hydrogens (tertiary/aromatic N) is 2. The van der Waals surface area contributed by atoms with Gasteiger partial charge < -0.3 is 20.1 Å². The maximum atomic E-state index is 12.7. The van der Waals surface area contributed by atoms with Crippen molar-refractivity contribution in [1.29, 1.82) is 0 Å². The zero-order chi connectivity index (χ0) is 17.6. The molecule has 6 nitrogen and oxygen atoms in total. The van der Waals surface area contributed by atoms with E-state index < -0.39 is 6.04 Å². The number of carbonyl (C=O) groups is 1. The number of hydrogen-bond acceptors (Lipinski definition) is 6. The molecule has 1 aromatic rings. The average Bonchev–Trinajstić information content (AvgIpc) is 3.20. The molecule has 2 N–H and O–H groups in total. The number of amides is 1. The molecule has 1 amide bonds. The van der Waals surface area contributed by atoms with Gasteiger partial charge in [0.25, 0.3) is 0 Å². The molecule has 3 heterocycles. The van der Waals surface area contributed by atoms with E-state index >= 15 is 0 Å². The van der Waals surface area contributed by atoms with Gasteiger partial charge in [-0.2, -0.15) is 0 Å². The van der Waals surface area contributed by atoms with Crippen LogP contribution in [0.5, 0.6) is 0 Å². The number of aromatic nitrogens is 1. The third-order valence-corrected chi connectivity index (χ3v) is 6.27. The molecule has 0 saturated carbocycles. The lowest BCUT2D eigenvalue weighted by molar-refractivity contribution is -0.137. The van der Waals surface area contributed by atoms with Crippen LogP contribution in [0.3, 0.4) is 0 Å². The van der Waals surface area contributed by atoms with E-state index in [1.54, 1.807) is 11.3 Å². The first-order chi connectivity index (χ1) is 12.1. The highest BCUT2D eigenvalue weighted by molar-refractivity contribution is 7.09. The molecule has 0 radical (unpaired) electrons. The van der Waals surface area contributed by atoms with Crippen LogP contribution in [-0.2, 0) is 14.3 Å². The summed E-state index contributed by atoms with van der Waals surface area (Å²) in [5.74, 6) is 1.01. The molecular formula is C18H29N3O3S. The number of carbonyl (C=O) groups excluding carboxylic acids is 1. The Kier molecular flexibility index (Phi) is 6.81. The summed E-state index contributed by atoms with van der Waals surface area (Å²) in [6.07, 6.45) is 5.57. The lowest BCUT2D eigenvalue weighted by atomic mass is 9.96. The standard InChI is InChI=1S/C18H29N3O3S/c1-13(24-12-14-4-9-23-10-5-14)16(19)18(22)21-7-2-15(3-8-21)17-20-6-11-25-17/h6,11,13-16H,2-5,7-10,12,19H2,1H3/t13-,16+/m1/s1. The van der Waals surface area contributed by atoms with Crippen LogP contribution in [-0.4, -0.2) is 60.8 Å². The molecule has 0 aromatic carbocycles. The smallest absolute Gasteiger partial charge is 0.242 e. The van der Waals surface area contributed by atoms with Gasteiger partial charge in [-0.05, 0) is 38.5 Å². The summed E-state index contributed by atoms with van der Waals surface area (Å²) < 4.78 is 11.3. The second kappa shape index (κ2) is 9.07. The van der Waals surface area contributed by atoms with Crippen LogP contribution in [0, 0.1) is 5.92 Å². The third kappa shape index (κ3) is 5.00. The van der Waals surface area contributed by atoms with E-state index in [-0.39, 0.29) is 12.0 Å². The summed E-state index contributed by atoms with van der Waals surface area (Å²) in [5, 5.41) is 3.20. The van der Waals surface area contributed by atoms with Crippen molar-refractivity contribution in [3.8, 4) is 0 Å². The number of thiazole rings is 1. The number of piperidine rings is 1. The maximum Gasteiger partial charge on any atom is 0.242 e.